The number of rotatable bonds is 6. The van der Waals surface area contributed by atoms with E-state index in [2.05, 4.69) is 15.4 Å². The van der Waals surface area contributed by atoms with Crippen molar-refractivity contribution in [1.82, 2.24) is 14.8 Å². The third-order valence-electron chi connectivity index (χ3n) is 5.05. The smallest absolute Gasteiger partial charge is 0.338 e. The van der Waals surface area contributed by atoms with Gasteiger partial charge in [0, 0.05) is 11.6 Å². The van der Waals surface area contributed by atoms with Crippen LogP contribution in [0, 0.1) is 6.92 Å². The number of aromatic nitrogens is 3. The number of fused-ring (bicyclic) bond motifs is 1. The van der Waals surface area contributed by atoms with Gasteiger partial charge in [0.05, 0.1) is 32.1 Å². The first-order valence-electron chi connectivity index (χ1n) is 9.96. The minimum absolute atomic E-state index is 0.250. The largest absolute Gasteiger partial charge is 0.497 e. The number of hydrogen-bond donors (Lipinski definition) is 1. The molecule has 160 valence electrons. The van der Waals surface area contributed by atoms with Gasteiger partial charge in [-0.1, -0.05) is 30.3 Å². The average Bonchev–Trinajstić information content (AvgIpc) is 3.18. The predicted molar refractivity (Wildman–Crippen MR) is 116 cm³/mol. The maximum absolute atomic E-state index is 13.3. The predicted octanol–water partition coefficient (Wildman–Crippen LogP) is 3.59. The molecule has 1 unspecified atom stereocenters. The molecule has 2 aromatic carbocycles. The highest BCUT2D eigenvalue weighted by Crippen LogP contribution is 2.42. The lowest BCUT2D eigenvalue weighted by Crippen LogP contribution is -2.30. The molecule has 8 heteroatoms. The van der Waals surface area contributed by atoms with E-state index in [1.165, 1.54) is 0 Å². The fourth-order valence-corrected chi connectivity index (χ4v) is 3.72. The number of nitrogens with zero attached hydrogens (tertiary/aromatic N) is 3. The van der Waals surface area contributed by atoms with Crippen LogP contribution in [0.15, 0.2) is 54.1 Å². The Hall–Kier alpha value is -3.81. The second-order valence-electron chi connectivity index (χ2n) is 6.94. The average molecular weight is 420 g/mol. The summed E-state index contributed by atoms with van der Waals surface area (Å²) in [6.07, 6.45) is 0. The van der Waals surface area contributed by atoms with Crippen molar-refractivity contribution in [3.8, 4) is 11.5 Å². The van der Waals surface area contributed by atoms with Crippen LogP contribution in [0.2, 0.25) is 0 Å². The van der Waals surface area contributed by atoms with Gasteiger partial charge in [-0.25, -0.2) is 9.48 Å². The molecule has 8 nitrogen and oxygen atoms in total. The number of esters is 1. The Kier molecular flexibility index (Phi) is 5.62. The van der Waals surface area contributed by atoms with Gasteiger partial charge in [-0.05, 0) is 31.5 Å². The van der Waals surface area contributed by atoms with Crippen LogP contribution in [0.4, 0.5) is 5.95 Å². The summed E-state index contributed by atoms with van der Waals surface area (Å²) in [7, 11) is 3.17. The van der Waals surface area contributed by atoms with Crippen LogP contribution in [-0.2, 0) is 9.53 Å². The molecule has 1 aliphatic rings. The SMILES string of the molecule is CCOC(=O)C1=C(c2ccccc2)Nc2nc(C)nn2C1c1ccc(OC)cc1OC. The number of nitrogens with one attached hydrogen (secondary N) is 1. The zero-order chi connectivity index (χ0) is 22.0. The summed E-state index contributed by atoms with van der Waals surface area (Å²) in [4.78, 5) is 17.8. The molecule has 1 aliphatic heterocycles. The molecule has 0 amide bonds. The van der Waals surface area contributed by atoms with Gasteiger partial charge in [0.25, 0.3) is 0 Å². The Morgan fingerprint density at radius 3 is 2.58 bits per heavy atom. The number of carbonyl (C=O) groups excluding carboxylic acids is 1. The van der Waals surface area contributed by atoms with Gasteiger partial charge in [0.15, 0.2) is 0 Å². The van der Waals surface area contributed by atoms with Crippen LogP contribution in [0.3, 0.4) is 0 Å². The van der Waals surface area contributed by atoms with Gasteiger partial charge in [-0.2, -0.15) is 10.1 Å². The molecule has 0 saturated carbocycles. The maximum atomic E-state index is 13.3. The molecule has 0 bridgehead atoms. The molecule has 31 heavy (non-hydrogen) atoms. The van der Waals surface area contributed by atoms with E-state index < -0.39 is 12.0 Å². The Bertz CT molecular complexity index is 1140. The number of hydrogen-bond acceptors (Lipinski definition) is 7. The van der Waals surface area contributed by atoms with Gasteiger partial charge in [-0.3, -0.25) is 0 Å². The van der Waals surface area contributed by atoms with Gasteiger partial charge in [-0.15, -0.1) is 0 Å². The number of anilines is 1. The van der Waals surface area contributed by atoms with Crippen LogP contribution < -0.4 is 14.8 Å². The lowest BCUT2D eigenvalue weighted by molar-refractivity contribution is -0.138. The first-order chi connectivity index (χ1) is 15.1. The highest BCUT2D eigenvalue weighted by Gasteiger charge is 2.38. The summed E-state index contributed by atoms with van der Waals surface area (Å²) in [6, 6.07) is 14.5. The van der Waals surface area contributed by atoms with Crippen LogP contribution in [0.25, 0.3) is 5.70 Å². The fraction of sp³-hybridized carbons (Fsp3) is 0.261. The molecule has 1 atom stereocenters. The zero-order valence-electron chi connectivity index (χ0n) is 17.9. The van der Waals surface area contributed by atoms with Gasteiger partial charge in [0.1, 0.15) is 23.4 Å². The molecule has 0 spiro atoms. The van der Waals surface area contributed by atoms with Crippen molar-refractivity contribution >= 4 is 17.6 Å². The Morgan fingerprint density at radius 2 is 1.90 bits per heavy atom. The quantitative estimate of drug-likeness (QED) is 0.610. The van der Waals surface area contributed by atoms with Crippen LogP contribution >= 0.6 is 0 Å². The number of ether oxygens (including phenoxy) is 3. The van der Waals surface area contributed by atoms with Crippen molar-refractivity contribution < 1.29 is 19.0 Å². The standard InChI is InChI=1S/C23H24N4O4/c1-5-31-22(28)19-20(15-9-7-6-8-10-15)25-23-24-14(2)26-27(23)21(19)17-12-11-16(29-3)13-18(17)30-4/h6-13,21H,5H2,1-4H3,(H,24,25,26). The fourth-order valence-electron chi connectivity index (χ4n) is 3.72. The summed E-state index contributed by atoms with van der Waals surface area (Å²) in [6.45, 7) is 3.84. The highest BCUT2D eigenvalue weighted by molar-refractivity contribution is 6.02. The minimum Gasteiger partial charge on any atom is -0.497 e. The molecule has 0 saturated heterocycles. The van der Waals surface area contributed by atoms with E-state index in [0.29, 0.717) is 34.5 Å². The monoisotopic (exact) mass is 420 g/mol. The Labute approximate surface area is 180 Å². The zero-order valence-corrected chi connectivity index (χ0v) is 17.9. The van der Waals surface area contributed by atoms with E-state index in [9.17, 15) is 4.79 Å². The number of carbonyl (C=O) groups is 1. The normalized spacial score (nSPS) is 15.2. The van der Waals surface area contributed by atoms with Gasteiger partial charge >= 0.3 is 5.97 Å². The summed E-state index contributed by atoms with van der Waals surface area (Å²) in [5, 5.41) is 7.85. The second-order valence-corrected chi connectivity index (χ2v) is 6.94. The number of methoxy groups -OCH3 is 2. The lowest BCUT2D eigenvalue weighted by atomic mass is 9.92. The summed E-state index contributed by atoms with van der Waals surface area (Å²) < 4.78 is 18.2. The van der Waals surface area contributed by atoms with Crippen LogP contribution in [0.5, 0.6) is 11.5 Å². The van der Waals surface area contributed by atoms with E-state index in [1.807, 2.05) is 49.4 Å². The highest BCUT2D eigenvalue weighted by atomic mass is 16.5. The third kappa shape index (κ3) is 3.72. The number of aryl methyl sites for hydroxylation is 1. The first kappa shape index (κ1) is 20.5. The van der Waals surface area contributed by atoms with Crippen molar-refractivity contribution in [3.63, 3.8) is 0 Å². The molecule has 0 fully saturated rings. The molecule has 0 aliphatic carbocycles. The Morgan fingerprint density at radius 1 is 1.13 bits per heavy atom. The van der Waals surface area contributed by atoms with E-state index in [4.69, 9.17) is 14.2 Å². The molecule has 0 radical (unpaired) electrons. The lowest BCUT2D eigenvalue weighted by Gasteiger charge is -2.30. The molecule has 3 aromatic rings. The van der Waals surface area contributed by atoms with Crippen LogP contribution in [0.1, 0.15) is 29.9 Å². The van der Waals surface area contributed by atoms with Crippen molar-refractivity contribution in [1.29, 1.82) is 0 Å². The summed E-state index contributed by atoms with van der Waals surface area (Å²) in [5.41, 5.74) is 2.64. The van der Waals surface area contributed by atoms with Crippen LogP contribution in [-0.4, -0.2) is 41.6 Å². The summed E-state index contributed by atoms with van der Waals surface area (Å²) >= 11 is 0. The molecule has 1 N–H and O–H groups in total. The maximum Gasteiger partial charge on any atom is 0.338 e. The van der Waals surface area contributed by atoms with Crippen molar-refractivity contribution in [3.05, 3.63) is 71.1 Å². The van der Waals surface area contributed by atoms with Crippen molar-refractivity contribution in [2.24, 2.45) is 0 Å². The van der Waals surface area contributed by atoms with E-state index in [-0.39, 0.29) is 6.61 Å². The number of benzene rings is 2. The van der Waals surface area contributed by atoms with E-state index >= 15 is 0 Å². The minimum atomic E-state index is -0.604. The van der Waals surface area contributed by atoms with E-state index in [0.717, 1.165) is 11.1 Å². The first-order valence-corrected chi connectivity index (χ1v) is 9.96. The molecular formula is C23H24N4O4. The molecule has 2 heterocycles. The van der Waals surface area contributed by atoms with Gasteiger partial charge < -0.3 is 19.5 Å². The topological polar surface area (TPSA) is 87.5 Å². The molecular weight excluding hydrogens is 396 g/mol. The van der Waals surface area contributed by atoms with Gasteiger partial charge in [0.2, 0.25) is 5.95 Å². The second kappa shape index (κ2) is 8.51. The third-order valence-corrected chi connectivity index (χ3v) is 5.05. The van der Waals surface area contributed by atoms with Crippen molar-refractivity contribution in [2.75, 3.05) is 26.1 Å². The molecule has 1 aromatic heterocycles. The van der Waals surface area contributed by atoms with E-state index in [1.54, 1.807) is 31.9 Å². The Balaban J connectivity index is 2.01. The molecule has 4 rings (SSSR count). The van der Waals surface area contributed by atoms with Crippen molar-refractivity contribution in [2.45, 2.75) is 19.9 Å². The summed E-state index contributed by atoms with van der Waals surface area (Å²) in [5.74, 6) is 1.90.